The summed E-state index contributed by atoms with van der Waals surface area (Å²) in [7, 11) is 1.70. The molecule has 21 heavy (non-hydrogen) atoms. The Bertz CT molecular complexity index is 496. The van der Waals surface area contributed by atoms with Crippen LogP contribution in [0.3, 0.4) is 0 Å². The van der Waals surface area contributed by atoms with E-state index in [0.717, 1.165) is 25.7 Å². The van der Waals surface area contributed by atoms with Crippen LogP contribution in [0, 0.1) is 0 Å². The molecule has 1 heterocycles. The number of carbonyl (C=O) groups excluding carboxylic acids is 1. The number of nitrogens with zero attached hydrogens (tertiary/aromatic N) is 2. The van der Waals surface area contributed by atoms with Crippen molar-refractivity contribution in [3.63, 3.8) is 0 Å². The van der Waals surface area contributed by atoms with E-state index in [2.05, 4.69) is 4.98 Å². The number of aromatic nitrogens is 1. The van der Waals surface area contributed by atoms with Gasteiger partial charge in [0.15, 0.2) is 11.4 Å². The van der Waals surface area contributed by atoms with Gasteiger partial charge in [0.05, 0.1) is 11.7 Å². The molecule has 1 N–H and O–H groups in total. The van der Waals surface area contributed by atoms with E-state index in [4.69, 9.17) is 4.74 Å². The molecule has 0 radical (unpaired) electrons. The van der Waals surface area contributed by atoms with Gasteiger partial charge in [-0.2, -0.15) is 0 Å². The van der Waals surface area contributed by atoms with Crippen molar-refractivity contribution in [1.29, 1.82) is 0 Å². The van der Waals surface area contributed by atoms with Crippen LogP contribution < -0.4 is 4.74 Å². The van der Waals surface area contributed by atoms with E-state index in [0.29, 0.717) is 18.0 Å². The topological polar surface area (TPSA) is 62.7 Å². The lowest BCUT2D eigenvalue weighted by Gasteiger charge is -2.28. The summed E-state index contributed by atoms with van der Waals surface area (Å²) in [4.78, 5) is 18.2. The van der Waals surface area contributed by atoms with Crippen molar-refractivity contribution in [2.24, 2.45) is 0 Å². The van der Waals surface area contributed by atoms with Gasteiger partial charge in [0.25, 0.3) is 5.91 Å². The van der Waals surface area contributed by atoms with Crippen LogP contribution in [0.1, 0.15) is 50.0 Å². The summed E-state index contributed by atoms with van der Waals surface area (Å²) in [6.45, 7) is 4.15. The SMILES string of the molecule is CC(C)Oc1cccnc1C(=O)N(C)CC1(O)CCCC1. The predicted molar refractivity (Wildman–Crippen MR) is 80.4 cm³/mol. The molecule has 2 rings (SSSR count). The van der Waals surface area contributed by atoms with E-state index >= 15 is 0 Å². The van der Waals surface area contributed by atoms with Crippen LogP contribution in [-0.2, 0) is 0 Å². The molecule has 1 saturated carbocycles. The van der Waals surface area contributed by atoms with Gasteiger partial charge in [-0.1, -0.05) is 12.8 Å². The van der Waals surface area contributed by atoms with Gasteiger partial charge in [-0.05, 0) is 38.8 Å². The summed E-state index contributed by atoms with van der Waals surface area (Å²) >= 11 is 0. The van der Waals surface area contributed by atoms with E-state index < -0.39 is 5.60 Å². The Morgan fingerprint density at radius 2 is 2.14 bits per heavy atom. The monoisotopic (exact) mass is 292 g/mol. The molecule has 5 heteroatoms. The smallest absolute Gasteiger partial charge is 0.276 e. The maximum absolute atomic E-state index is 12.5. The average Bonchev–Trinajstić information content (AvgIpc) is 2.84. The van der Waals surface area contributed by atoms with Crippen molar-refractivity contribution in [1.82, 2.24) is 9.88 Å². The first-order valence-electron chi connectivity index (χ1n) is 7.51. The van der Waals surface area contributed by atoms with Gasteiger partial charge >= 0.3 is 0 Å². The van der Waals surface area contributed by atoms with Gasteiger partial charge in [0, 0.05) is 19.8 Å². The van der Waals surface area contributed by atoms with Gasteiger partial charge in [-0.15, -0.1) is 0 Å². The lowest BCUT2D eigenvalue weighted by Crippen LogP contribution is -2.42. The Morgan fingerprint density at radius 1 is 1.48 bits per heavy atom. The van der Waals surface area contributed by atoms with Crippen molar-refractivity contribution < 1.29 is 14.6 Å². The molecule has 1 fully saturated rings. The second-order valence-corrected chi connectivity index (χ2v) is 6.11. The van der Waals surface area contributed by atoms with E-state index in [-0.39, 0.29) is 12.0 Å². The number of hydrogen-bond acceptors (Lipinski definition) is 4. The first-order valence-corrected chi connectivity index (χ1v) is 7.51. The number of ether oxygens (including phenoxy) is 1. The molecule has 116 valence electrons. The van der Waals surface area contributed by atoms with Gasteiger partial charge in [0.2, 0.25) is 0 Å². The highest BCUT2D eigenvalue weighted by molar-refractivity contribution is 5.94. The molecule has 1 aliphatic carbocycles. The number of amides is 1. The van der Waals surface area contributed by atoms with E-state index in [1.807, 2.05) is 13.8 Å². The van der Waals surface area contributed by atoms with Crippen LogP contribution in [0.2, 0.25) is 0 Å². The second kappa shape index (κ2) is 6.43. The molecule has 1 aromatic rings. The lowest BCUT2D eigenvalue weighted by molar-refractivity contribution is 0.0153. The number of carbonyl (C=O) groups is 1. The maximum Gasteiger partial charge on any atom is 0.276 e. The molecular formula is C16H24N2O3. The fourth-order valence-electron chi connectivity index (χ4n) is 2.79. The minimum Gasteiger partial charge on any atom is -0.489 e. The number of aliphatic hydroxyl groups is 1. The van der Waals surface area contributed by atoms with Gasteiger partial charge in [-0.3, -0.25) is 4.79 Å². The number of rotatable bonds is 5. The molecule has 0 bridgehead atoms. The van der Waals surface area contributed by atoms with Crippen molar-refractivity contribution in [3.8, 4) is 5.75 Å². The van der Waals surface area contributed by atoms with E-state index in [9.17, 15) is 9.90 Å². The van der Waals surface area contributed by atoms with E-state index in [1.54, 1.807) is 30.3 Å². The Labute approximate surface area is 125 Å². The largest absolute Gasteiger partial charge is 0.489 e. The summed E-state index contributed by atoms with van der Waals surface area (Å²) in [5, 5.41) is 10.4. The average molecular weight is 292 g/mol. The summed E-state index contributed by atoms with van der Waals surface area (Å²) in [6.07, 6.45) is 5.10. The molecule has 5 nitrogen and oxygen atoms in total. The maximum atomic E-state index is 12.5. The zero-order valence-electron chi connectivity index (χ0n) is 13.0. The van der Waals surface area contributed by atoms with Gasteiger partial charge in [0.1, 0.15) is 0 Å². The molecule has 0 atom stereocenters. The molecule has 0 saturated heterocycles. The highest BCUT2D eigenvalue weighted by Crippen LogP contribution is 2.30. The van der Waals surface area contributed by atoms with Gasteiger partial charge < -0.3 is 14.7 Å². The third-order valence-electron chi connectivity index (χ3n) is 3.75. The minimum atomic E-state index is -0.752. The molecule has 1 aromatic heterocycles. The van der Waals surface area contributed by atoms with Crippen LogP contribution in [0.25, 0.3) is 0 Å². The van der Waals surface area contributed by atoms with Crippen LogP contribution >= 0.6 is 0 Å². The summed E-state index contributed by atoms with van der Waals surface area (Å²) in [5.41, 5.74) is -0.451. The van der Waals surface area contributed by atoms with Crippen LogP contribution in [0.5, 0.6) is 5.75 Å². The van der Waals surface area contributed by atoms with E-state index in [1.165, 1.54) is 0 Å². The molecule has 0 aliphatic heterocycles. The zero-order valence-corrected chi connectivity index (χ0v) is 13.0. The van der Waals surface area contributed by atoms with Crippen LogP contribution in [0.15, 0.2) is 18.3 Å². The third kappa shape index (κ3) is 3.94. The Balaban J connectivity index is 2.12. The highest BCUT2D eigenvalue weighted by Gasteiger charge is 2.34. The van der Waals surface area contributed by atoms with Gasteiger partial charge in [-0.25, -0.2) is 4.98 Å². The quantitative estimate of drug-likeness (QED) is 0.904. The highest BCUT2D eigenvalue weighted by atomic mass is 16.5. The lowest BCUT2D eigenvalue weighted by atomic mass is 10.0. The molecule has 0 unspecified atom stereocenters. The summed E-state index contributed by atoms with van der Waals surface area (Å²) in [6, 6.07) is 3.50. The molecule has 0 spiro atoms. The summed E-state index contributed by atoms with van der Waals surface area (Å²) in [5.74, 6) is 0.273. The number of pyridine rings is 1. The second-order valence-electron chi connectivity index (χ2n) is 6.11. The first-order chi connectivity index (χ1) is 9.91. The molecular weight excluding hydrogens is 268 g/mol. The van der Waals surface area contributed by atoms with Crippen molar-refractivity contribution in [2.45, 2.75) is 51.2 Å². The third-order valence-corrected chi connectivity index (χ3v) is 3.75. The zero-order chi connectivity index (χ0) is 15.5. The molecule has 0 aromatic carbocycles. The Hall–Kier alpha value is -1.62. The Kier molecular flexibility index (Phi) is 4.83. The fourth-order valence-corrected chi connectivity index (χ4v) is 2.79. The summed E-state index contributed by atoms with van der Waals surface area (Å²) < 4.78 is 5.64. The van der Waals surface area contributed by atoms with Crippen molar-refractivity contribution in [2.75, 3.05) is 13.6 Å². The first kappa shape index (κ1) is 15.8. The minimum absolute atomic E-state index is 0.0231. The fraction of sp³-hybridized carbons (Fsp3) is 0.625. The molecule has 1 amide bonds. The number of hydrogen-bond donors (Lipinski definition) is 1. The van der Waals surface area contributed by atoms with Crippen molar-refractivity contribution >= 4 is 5.91 Å². The van der Waals surface area contributed by atoms with Crippen LogP contribution in [-0.4, -0.2) is 46.2 Å². The number of likely N-dealkylation sites (N-methyl/N-ethyl adjacent to an activating group) is 1. The predicted octanol–water partition coefficient (Wildman–Crippen LogP) is 2.25. The normalized spacial score (nSPS) is 17.0. The van der Waals surface area contributed by atoms with Crippen LogP contribution in [0.4, 0.5) is 0 Å². The molecule has 1 aliphatic rings. The standard InChI is InChI=1S/C16H24N2O3/c1-12(2)21-13-7-6-10-17-14(13)15(19)18(3)11-16(20)8-4-5-9-16/h6-7,10,12,20H,4-5,8-9,11H2,1-3H3. The Morgan fingerprint density at radius 3 is 2.76 bits per heavy atom. The van der Waals surface area contributed by atoms with Crippen molar-refractivity contribution in [3.05, 3.63) is 24.0 Å².